The van der Waals surface area contributed by atoms with Gasteiger partial charge in [-0.25, -0.2) is 13.6 Å². The van der Waals surface area contributed by atoms with Crippen molar-refractivity contribution in [3.8, 4) is 0 Å². The van der Waals surface area contributed by atoms with Gasteiger partial charge in [-0.05, 0) is 13.0 Å². The Morgan fingerprint density at radius 3 is 2.69 bits per heavy atom. The molecule has 0 aromatic carbocycles. The van der Waals surface area contributed by atoms with Gasteiger partial charge >= 0.3 is 0 Å². The second-order valence-corrected chi connectivity index (χ2v) is 5.08. The van der Waals surface area contributed by atoms with Crippen molar-refractivity contribution in [3.63, 3.8) is 0 Å². The van der Waals surface area contributed by atoms with Gasteiger partial charge in [0.05, 0.1) is 5.71 Å². The summed E-state index contributed by atoms with van der Waals surface area (Å²) in [5.74, 6) is 0. The Morgan fingerprint density at radius 2 is 2.31 bits per heavy atom. The number of thiophene rings is 1. The maximum Gasteiger partial charge on any atom is 0.247 e. The van der Waals surface area contributed by atoms with E-state index in [1.807, 2.05) is 0 Å². The normalized spacial score (nSPS) is 13.2. The van der Waals surface area contributed by atoms with Crippen molar-refractivity contribution >= 4 is 27.1 Å². The summed E-state index contributed by atoms with van der Waals surface area (Å²) < 4.78 is 21.7. The zero-order valence-electron chi connectivity index (χ0n) is 6.76. The van der Waals surface area contributed by atoms with Crippen LogP contribution in [0.25, 0.3) is 0 Å². The molecule has 0 aliphatic rings. The van der Waals surface area contributed by atoms with E-state index in [-0.39, 0.29) is 4.21 Å². The fourth-order valence-corrected chi connectivity index (χ4v) is 2.36. The number of oxime groups is 1. The highest BCUT2D eigenvalue weighted by molar-refractivity contribution is 7.91. The fourth-order valence-electron chi connectivity index (χ4n) is 0.713. The molecule has 0 bridgehead atoms. The molecule has 1 aromatic heterocycles. The van der Waals surface area contributed by atoms with E-state index < -0.39 is 10.0 Å². The van der Waals surface area contributed by atoms with E-state index >= 15 is 0 Å². The van der Waals surface area contributed by atoms with E-state index in [1.165, 1.54) is 6.07 Å². The number of rotatable bonds is 2. The monoisotopic (exact) mass is 220 g/mol. The summed E-state index contributed by atoms with van der Waals surface area (Å²) >= 11 is 0.995. The van der Waals surface area contributed by atoms with Crippen molar-refractivity contribution in [1.82, 2.24) is 0 Å². The summed E-state index contributed by atoms with van der Waals surface area (Å²) in [6.45, 7) is 1.56. The first-order valence-electron chi connectivity index (χ1n) is 3.25. The third-order valence-electron chi connectivity index (χ3n) is 1.42. The number of nitrogens with zero attached hydrogens (tertiary/aromatic N) is 1. The van der Waals surface area contributed by atoms with Crippen molar-refractivity contribution in [1.29, 1.82) is 0 Å². The SMILES string of the molecule is CC(=NO)c1csc(S(N)(=O)=O)c1. The van der Waals surface area contributed by atoms with Gasteiger partial charge in [-0.1, -0.05) is 5.16 Å². The average molecular weight is 220 g/mol. The average Bonchev–Trinajstić information content (AvgIpc) is 2.50. The minimum atomic E-state index is -3.64. The quantitative estimate of drug-likeness (QED) is 0.434. The van der Waals surface area contributed by atoms with Crippen LogP contribution in [0.15, 0.2) is 20.8 Å². The summed E-state index contributed by atoms with van der Waals surface area (Å²) in [5, 5.41) is 17.8. The minimum absolute atomic E-state index is 0.0606. The van der Waals surface area contributed by atoms with Gasteiger partial charge in [0, 0.05) is 10.9 Å². The van der Waals surface area contributed by atoms with Gasteiger partial charge in [-0.3, -0.25) is 0 Å². The van der Waals surface area contributed by atoms with Gasteiger partial charge in [0.2, 0.25) is 10.0 Å². The maximum atomic E-state index is 10.8. The van der Waals surface area contributed by atoms with E-state index in [1.54, 1.807) is 12.3 Å². The molecule has 0 aliphatic carbocycles. The Bertz CT molecular complexity index is 432. The highest BCUT2D eigenvalue weighted by Gasteiger charge is 2.12. The van der Waals surface area contributed by atoms with Crippen LogP contribution in [-0.2, 0) is 10.0 Å². The molecule has 0 unspecified atom stereocenters. The first kappa shape index (κ1) is 10.2. The second-order valence-electron chi connectivity index (χ2n) is 2.38. The Kier molecular flexibility index (Phi) is 2.69. The minimum Gasteiger partial charge on any atom is -0.411 e. The summed E-state index contributed by atoms with van der Waals surface area (Å²) in [7, 11) is -3.64. The Morgan fingerprint density at radius 1 is 1.69 bits per heavy atom. The van der Waals surface area contributed by atoms with Crippen LogP contribution in [0.2, 0.25) is 0 Å². The number of hydrogen-bond donors (Lipinski definition) is 2. The maximum absolute atomic E-state index is 10.8. The van der Waals surface area contributed by atoms with Gasteiger partial charge in [0.15, 0.2) is 0 Å². The first-order valence-corrected chi connectivity index (χ1v) is 5.68. The van der Waals surface area contributed by atoms with E-state index in [0.29, 0.717) is 11.3 Å². The fraction of sp³-hybridized carbons (Fsp3) is 0.167. The summed E-state index contributed by atoms with van der Waals surface area (Å²) in [4.78, 5) is 0. The highest BCUT2D eigenvalue weighted by Crippen LogP contribution is 2.19. The standard InChI is InChI=1S/C6H8N2O3S2/c1-4(8-9)5-2-6(12-3-5)13(7,10)11/h2-3,9H,1H3,(H2,7,10,11). The molecule has 0 atom stereocenters. The Hall–Kier alpha value is -0.920. The van der Waals surface area contributed by atoms with Crippen molar-refractivity contribution in [2.24, 2.45) is 10.3 Å². The van der Waals surface area contributed by atoms with Crippen LogP contribution in [-0.4, -0.2) is 19.3 Å². The van der Waals surface area contributed by atoms with Crippen LogP contribution in [0.1, 0.15) is 12.5 Å². The molecule has 0 amide bonds. The molecule has 72 valence electrons. The van der Waals surface area contributed by atoms with Crippen LogP contribution in [0.3, 0.4) is 0 Å². The predicted molar refractivity (Wildman–Crippen MR) is 49.7 cm³/mol. The molecule has 0 saturated carbocycles. The number of sulfonamides is 1. The molecular weight excluding hydrogens is 212 g/mol. The summed E-state index contributed by atoms with van der Waals surface area (Å²) in [6, 6.07) is 1.37. The highest BCUT2D eigenvalue weighted by atomic mass is 32.2. The van der Waals surface area contributed by atoms with Gasteiger partial charge in [-0.15, -0.1) is 11.3 Å². The molecular formula is C6H8N2O3S2. The van der Waals surface area contributed by atoms with E-state index in [2.05, 4.69) is 5.16 Å². The molecule has 13 heavy (non-hydrogen) atoms. The van der Waals surface area contributed by atoms with E-state index in [9.17, 15) is 8.42 Å². The molecule has 0 saturated heterocycles. The lowest BCUT2D eigenvalue weighted by Crippen LogP contribution is -2.10. The van der Waals surface area contributed by atoms with Crippen LogP contribution < -0.4 is 5.14 Å². The van der Waals surface area contributed by atoms with Gasteiger partial charge in [0.25, 0.3) is 0 Å². The van der Waals surface area contributed by atoms with E-state index in [4.69, 9.17) is 10.3 Å². The Labute approximate surface area is 79.5 Å². The summed E-state index contributed by atoms with van der Waals surface area (Å²) in [6.07, 6.45) is 0. The third kappa shape index (κ3) is 2.27. The largest absolute Gasteiger partial charge is 0.411 e. The van der Waals surface area contributed by atoms with Crippen molar-refractivity contribution in [3.05, 3.63) is 17.0 Å². The van der Waals surface area contributed by atoms with Crippen molar-refractivity contribution in [2.75, 3.05) is 0 Å². The third-order valence-corrected chi connectivity index (χ3v) is 3.81. The van der Waals surface area contributed by atoms with Gasteiger partial charge in [0.1, 0.15) is 4.21 Å². The molecule has 1 aromatic rings. The lowest BCUT2D eigenvalue weighted by atomic mass is 10.2. The van der Waals surface area contributed by atoms with Crippen LogP contribution in [0.4, 0.5) is 0 Å². The number of nitrogens with two attached hydrogens (primary N) is 1. The van der Waals surface area contributed by atoms with Crippen molar-refractivity contribution in [2.45, 2.75) is 11.1 Å². The predicted octanol–water partition coefficient (Wildman–Crippen LogP) is 0.594. The smallest absolute Gasteiger partial charge is 0.247 e. The number of primary sulfonamides is 1. The van der Waals surface area contributed by atoms with Gasteiger partial charge < -0.3 is 5.21 Å². The van der Waals surface area contributed by atoms with Crippen LogP contribution >= 0.6 is 11.3 Å². The molecule has 0 aliphatic heterocycles. The van der Waals surface area contributed by atoms with E-state index in [0.717, 1.165) is 11.3 Å². The molecule has 7 heteroatoms. The lowest BCUT2D eigenvalue weighted by Gasteiger charge is -1.90. The second kappa shape index (κ2) is 3.44. The molecule has 1 rings (SSSR count). The topological polar surface area (TPSA) is 92.8 Å². The van der Waals surface area contributed by atoms with Crippen LogP contribution in [0, 0.1) is 0 Å². The van der Waals surface area contributed by atoms with Crippen molar-refractivity contribution < 1.29 is 13.6 Å². The molecule has 0 fully saturated rings. The zero-order chi connectivity index (χ0) is 10.1. The van der Waals surface area contributed by atoms with Crippen LogP contribution in [0.5, 0.6) is 0 Å². The lowest BCUT2D eigenvalue weighted by molar-refractivity contribution is 0.319. The van der Waals surface area contributed by atoms with Gasteiger partial charge in [-0.2, -0.15) is 0 Å². The summed E-state index contributed by atoms with van der Waals surface area (Å²) in [5.41, 5.74) is 0.905. The molecule has 3 N–H and O–H groups in total. The molecule has 0 radical (unpaired) electrons. The first-order chi connectivity index (χ1) is 5.95. The molecule has 0 spiro atoms. The molecule has 5 nitrogen and oxygen atoms in total. The zero-order valence-corrected chi connectivity index (χ0v) is 8.39. The number of hydrogen-bond acceptors (Lipinski definition) is 5. The Balaban J connectivity index is 3.15. The molecule has 1 heterocycles.